The maximum Gasteiger partial charge on any atom is 0.167 e. The molecule has 6 N–H and O–H groups in total. The Morgan fingerprint density at radius 1 is 0.383 bits per heavy atom. The molecule has 16 nitrogen and oxygen atoms in total. The van der Waals surface area contributed by atoms with Gasteiger partial charge in [0.2, 0.25) is 0 Å². The molecule has 0 amide bonds. The van der Waals surface area contributed by atoms with Gasteiger partial charge in [0, 0.05) is 158 Å². The Bertz CT molecular complexity index is 4920. The molecule has 0 atom stereocenters. The minimum atomic E-state index is 0.0942. The van der Waals surface area contributed by atoms with Crippen LogP contribution < -0.4 is 17.2 Å². The van der Waals surface area contributed by atoms with Gasteiger partial charge in [0.15, 0.2) is 17.3 Å². The summed E-state index contributed by atoms with van der Waals surface area (Å²) in [4.78, 5) is 49.0. The fourth-order valence-electron chi connectivity index (χ4n) is 15.7. The summed E-state index contributed by atoms with van der Waals surface area (Å²) < 4.78 is 23.4. The number of rotatable bonds is 24. The lowest BCUT2D eigenvalue weighted by Crippen LogP contribution is -2.38. The second-order valence-electron chi connectivity index (χ2n) is 29.8. The molecule has 3 aliphatic carbocycles. The number of ketones is 3. The molecule has 3 aliphatic heterocycles. The highest BCUT2D eigenvalue weighted by atomic mass is 32.1. The van der Waals surface area contributed by atoms with Gasteiger partial charge in [0.1, 0.15) is 0 Å². The Morgan fingerprint density at radius 3 is 1.17 bits per heavy atom. The standard InChI is InChI=1S/C31H33N3O2.C30H32N4O2.C29H31N3O2S/c32-29-9-8-24(22-4-2-1-3-5-22)18-26(29)21-30(35)27-19-25-10-11-34(13-12-33-14-16-36-17-15-33)31(25)28(20-27)23-6-7-23;31-28-9-8-23(21-4-2-1-3-5-21)16-24(28)19-29(35)25-17-26-20-32-34(11-10-33-12-14-36-15-13-33)30(26)27(18-25)22-6-7-22;30-26-6-5-21(28-2-1-15-35-28)16-23(26)19-27(33)24-17-22-7-8-32(10-9-31-11-13-34-14-12-31)29(22)25(18-24)20-3-4-20/h1-5,8-11,18-20,23H,6-7,12-17,21,32H2;1-5,8-9,16-18,20,22H,6-7,10-15,19,31H2;1-2,5-8,15-18,20H,3-4,9-14,19,30H2. The molecule has 107 heavy (non-hydrogen) atoms. The quantitative estimate of drug-likeness (QED) is 0.0382. The molecule has 12 aromatic rings. The van der Waals surface area contributed by atoms with Gasteiger partial charge in [-0.25, -0.2) is 0 Å². The highest BCUT2D eigenvalue weighted by Crippen LogP contribution is 2.47. The van der Waals surface area contributed by atoms with Crippen molar-refractivity contribution in [3.05, 3.63) is 250 Å². The van der Waals surface area contributed by atoms with Crippen LogP contribution in [0.2, 0.25) is 0 Å². The van der Waals surface area contributed by atoms with Gasteiger partial charge in [-0.3, -0.25) is 33.8 Å². The van der Waals surface area contributed by atoms with Crippen molar-refractivity contribution < 1.29 is 28.6 Å². The Balaban J connectivity index is 0.000000123. The maximum absolute atomic E-state index is 13.5. The average Bonchev–Trinajstić information content (AvgIpc) is 1.64. The lowest BCUT2D eigenvalue weighted by atomic mass is 9.95. The second-order valence-corrected chi connectivity index (χ2v) is 30.8. The van der Waals surface area contributed by atoms with Crippen LogP contribution in [0.1, 0.15) is 121 Å². The van der Waals surface area contributed by atoms with Crippen molar-refractivity contribution in [2.45, 2.75) is 95.2 Å². The van der Waals surface area contributed by atoms with Gasteiger partial charge in [0.05, 0.1) is 68.9 Å². The van der Waals surface area contributed by atoms with Crippen LogP contribution in [0.3, 0.4) is 0 Å². The average molecular weight is 1450 g/mol. The number of thiophene rings is 1. The summed E-state index contributed by atoms with van der Waals surface area (Å²) >= 11 is 1.70. The first-order valence-corrected chi connectivity index (χ1v) is 39.4. The van der Waals surface area contributed by atoms with E-state index in [1.54, 1.807) is 11.3 Å². The lowest BCUT2D eigenvalue weighted by molar-refractivity contribution is 0.0361. The van der Waals surface area contributed by atoms with Gasteiger partial charge < -0.3 is 40.5 Å². The Morgan fingerprint density at radius 2 is 0.766 bits per heavy atom. The molecule has 6 aliphatic rings. The summed E-state index contributed by atoms with van der Waals surface area (Å²) in [5.74, 6) is 1.99. The monoisotopic (exact) mass is 1440 g/mol. The molecule has 3 saturated carbocycles. The largest absolute Gasteiger partial charge is 0.398 e. The van der Waals surface area contributed by atoms with Gasteiger partial charge in [-0.2, -0.15) is 5.10 Å². The van der Waals surface area contributed by atoms with Crippen LogP contribution in [-0.4, -0.2) is 150 Å². The number of hydrogen-bond donors (Lipinski definition) is 3. The third-order valence-corrected chi connectivity index (χ3v) is 23.2. The number of hydrogen-bond acceptors (Lipinski definition) is 14. The van der Waals surface area contributed by atoms with Crippen molar-refractivity contribution in [1.82, 2.24) is 33.6 Å². The Labute approximate surface area is 630 Å². The number of nitrogens with two attached hydrogens (primary N) is 3. The van der Waals surface area contributed by atoms with Crippen LogP contribution in [0.5, 0.6) is 0 Å². The number of nitrogen functional groups attached to an aromatic ring is 3. The van der Waals surface area contributed by atoms with E-state index in [2.05, 4.69) is 131 Å². The summed E-state index contributed by atoms with van der Waals surface area (Å²) in [5, 5.41) is 10.2. The number of carbonyl (C=O) groups excluding carboxylic acids is 3. The number of fused-ring (bicyclic) bond motifs is 3. The van der Waals surface area contributed by atoms with E-state index in [1.165, 1.54) is 82.0 Å². The highest BCUT2D eigenvalue weighted by molar-refractivity contribution is 7.13. The zero-order valence-electron chi connectivity index (χ0n) is 61.1. The molecular weight excluding hydrogens is 1350 g/mol. The molecule has 6 fully saturated rings. The number of ether oxygens (including phenoxy) is 3. The zero-order chi connectivity index (χ0) is 72.7. The summed E-state index contributed by atoms with van der Waals surface area (Å²) in [5.41, 5.74) is 39.1. The molecule has 0 spiro atoms. The first kappa shape index (κ1) is 71.4. The number of benzene rings is 8. The van der Waals surface area contributed by atoms with Crippen molar-refractivity contribution in [3.63, 3.8) is 0 Å². The molecule has 4 aromatic heterocycles. The van der Waals surface area contributed by atoms with Gasteiger partial charge in [0.25, 0.3) is 0 Å². The van der Waals surface area contributed by atoms with Crippen molar-refractivity contribution >= 4 is 78.5 Å². The van der Waals surface area contributed by atoms with E-state index in [-0.39, 0.29) is 23.8 Å². The molecule has 0 radical (unpaired) electrons. The lowest BCUT2D eigenvalue weighted by Gasteiger charge is -2.26. The van der Waals surface area contributed by atoms with Gasteiger partial charge in [-0.05, 0) is 214 Å². The fraction of sp³-hybridized carbons (Fsp3) is 0.333. The molecule has 0 bridgehead atoms. The second kappa shape index (κ2) is 32.7. The van der Waals surface area contributed by atoms with E-state index in [4.69, 9.17) is 36.5 Å². The summed E-state index contributed by atoms with van der Waals surface area (Å²) in [6, 6.07) is 59.5. The summed E-state index contributed by atoms with van der Waals surface area (Å²) in [7, 11) is 0. The Kier molecular flexibility index (Phi) is 21.8. The van der Waals surface area contributed by atoms with Gasteiger partial charge >= 0.3 is 0 Å². The molecule has 0 unspecified atom stereocenters. The highest BCUT2D eigenvalue weighted by Gasteiger charge is 2.32. The number of aromatic nitrogens is 4. The van der Waals surface area contributed by atoms with Crippen LogP contribution >= 0.6 is 11.3 Å². The van der Waals surface area contributed by atoms with Crippen LogP contribution in [0.25, 0.3) is 65.4 Å². The van der Waals surface area contributed by atoms with E-state index in [1.807, 2.05) is 97.2 Å². The van der Waals surface area contributed by atoms with Crippen LogP contribution in [0, 0.1) is 0 Å². The molecule has 548 valence electrons. The molecule has 8 aromatic carbocycles. The van der Waals surface area contributed by atoms with E-state index >= 15 is 0 Å². The minimum absolute atomic E-state index is 0.0942. The van der Waals surface area contributed by atoms with E-state index in [0.29, 0.717) is 47.7 Å². The first-order chi connectivity index (χ1) is 52.5. The van der Waals surface area contributed by atoms with Crippen molar-refractivity contribution in [2.24, 2.45) is 0 Å². The van der Waals surface area contributed by atoms with Gasteiger partial charge in [-0.15, -0.1) is 11.3 Å². The maximum atomic E-state index is 13.5. The normalized spacial score (nSPS) is 16.5. The van der Waals surface area contributed by atoms with Crippen molar-refractivity contribution in [2.75, 3.05) is 116 Å². The van der Waals surface area contributed by atoms with Crippen LogP contribution in [0.15, 0.2) is 200 Å². The smallest absolute Gasteiger partial charge is 0.167 e. The third-order valence-electron chi connectivity index (χ3n) is 22.3. The SMILES string of the molecule is Nc1ccc(-c2ccccc2)cc1CC(=O)c1cc(C2CC2)c2c(ccn2CCN2CCOCC2)c1.Nc1ccc(-c2ccccc2)cc1CC(=O)c1cc(C2CC2)c2c(cnn2CCN2CCOCC2)c1.Nc1ccc(-c2cccs2)cc1CC(=O)c1cc(C2CC2)c2c(ccn2CCN2CCOCC2)c1. The topological polar surface area (TPSA) is 194 Å². The van der Waals surface area contributed by atoms with Gasteiger partial charge in [-0.1, -0.05) is 84.9 Å². The van der Waals surface area contributed by atoms with Crippen LogP contribution in [0.4, 0.5) is 17.1 Å². The van der Waals surface area contributed by atoms with E-state index in [0.717, 1.165) is 190 Å². The van der Waals surface area contributed by atoms with Crippen molar-refractivity contribution in [1.29, 1.82) is 0 Å². The van der Waals surface area contributed by atoms with E-state index in [9.17, 15) is 14.4 Å². The first-order valence-electron chi connectivity index (χ1n) is 38.5. The predicted octanol–water partition coefficient (Wildman–Crippen LogP) is 16.0. The predicted molar refractivity (Wildman–Crippen MR) is 432 cm³/mol. The summed E-state index contributed by atoms with van der Waals surface area (Å²) in [6.07, 6.45) is 14.4. The molecule has 7 heterocycles. The van der Waals surface area contributed by atoms with E-state index < -0.39 is 0 Å². The zero-order valence-corrected chi connectivity index (χ0v) is 61.9. The molecule has 3 saturated heterocycles. The molecule has 17 heteroatoms. The molecule has 18 rings (SSSR count). The fourth-order valence-corrected chi connectivity index (χ4v) is 16.4. The number of Topliss-reactive ketones (excluding diaryl/α,β-unsaturated/α-hetero) is 3. The van der Waals surface area contributed by atoms with Crippen LogP contribution in [-0.2, 0) is 53.1 Å². The summed E-state index contributed by atoms with van der Waals surface area (Å²) in [6.45, 7) is 16.6. The number of anilines is 3. The van der Waals surface area contributed by atoms with Crippen molar-refractivity contribution in [3.8, 4) is 32.7 Å². The molecular formula is C90H96N10O6S. The number of carbonyl (C=O) groups is 3. The Hall–Kier alpha value is -9.82. The number of morpholine rings is 3. The third kappa shape index (κ3) is 17.1. The number of nitrogens with zero attached hydrogens (tertiary/aromatic N) is 7. The minimum Gasteiger partial charge on any atom is -0.398 e.